The maximum absolute atomic E-state index is 12.4. The zero-order chi connectivity index (χ0) is 14.1. The summed E-state index contributed by atoms with van der Waals surface area (Å²) in [6.45, 7) is 4.04. The van der Waals surface area contributed by atoms with E-state index in [-0.39, 0.29) is 0 Å². The quantitative estimate of drug-likeness (QED) is 0.226. The summed E-state index contributed by atoms with van der Waals surface area (Å²) in [6, 6.07) is 0. The molecule has 1 atom stereocenters. The molecule has 0 spiro atoms. The van der Waals surface area contributed by atoms with Crippen LogP contribution in [0.5, 0.6) is 0 Å². The molecule has 1 unspecified atom stereocenters. The van der Waals surface area contributed by atoms with E-state index in [0.29, 0.717) is 12.8 Å². The van der Waals surface area contributed by atoms with Gasteiger partial charge in [0.25, 0.3) is 0 Å². The van der Waals surface area contributed by atoms with Gasteiger partial charge in [0.1, 0.15) is 0 Å². The van der Waals surface area contributed by atoms with Crippen LogP contribution in [0.2, 0.25) is 0 Å². The molecule has 0 rings (SSSR count). The van der Waals surface area contributed by atoms with Gasteiger partial charge >= 0.3 is 6.18 Å². The molecule has 18 heavy (non-hydrogen) atoms. The predicted octanol–water partition coefficient (Wildman–Crippen LogP) is 6.66. The number of alkyl halides is 4. The van der Waals surface area contributed by atoms with Crippen LogP contribution in [0.1, 0.15) is 78.1 Å². The molecule has 0 aromatic rings. The van der Waals surface area contributed by atoms with Crippen molar-refractivity contribution in [1.29, 1.82) is 0 Å². The van der Waals surface area contributed by atoms with Gasteiger partial charge in [-0.05, 0) is 12.8 Å². The summed E-state index contributed by atoms with van der Waals surface area (Å²) in [5.74, 6) is 0. The lowest BCUT2D eigenvalue weighted by molar-refractivity contribution is -0.140. The first kappa shape index (κ1) is 18.5. The molecule has 0 radical (unpaired) electrons. The first-order chi connectivity index (χ1) is 8.33. The molecule has 0 fully saturated rings. The van der Waals surface area contributed by atoms with Gasteiger partial charge in [-0.3, -0.25) is 0 Å². The SMILES string of the molecule is CCCCCCCCCC(I)(CC)CC(F)(F)F. The van der Waals surface area contributed by atoms with E-state index in [2.05, 4.69) is 6.92 Å². The highest BCUT2D eigenvalue weighted by Crippen LogP contribution is 2.40. The van der Waals surface area contributed by atoms with Gasteiger partial charge in [-0.25, -0.2) is 0 Å². The van der Waals surface area contributed by atoms with Gasteiger partial charge in [0.05, 0.1) is 6.42 Å². The molecule has 0 N–H and O–H groups in total. The lowest BCUT2D eigenvalue weighted by Crippen LogP contribution is -2.27. The Balaban J connectivity index is 3.73. The van der Waals surface area contributed by atoms with Crippen LogP contribution in [0.15, 0.2) is 0 Å². The second-order valence-electron chi connectivity index (χ2n) is 5.17. The van der Waals surface area contributed by atoms with Crippen molar-refractivity contribution in [2.45, 2.75) is 87.7 Å². The molecule has 0 heterocycles. The van der Waals surface area contributed by atoms with Crippen LogP contribution in [0.4, 0.5) is 13.2 Å². The zero-order valence-corrected chi connectivity index (χ0v) is 13.7. The Kier molecular flexibility index (Phi) is 9.70. The van der Waals surface area contributed by atoms with Gasteiger partial charge in [-0.2, -0.15) is 13.2 Å². The van der Waals surface area contributed by atoms with Crippen LogP contribution in [0.25, 0.3) is 0 Å². The van der Waals surface area contributed by atoms with Crippen LogP contribution in [-0.4, -0.2) is 9.60 Å². The van der Waals surface area contributed by atoms with Crippen molar-refractivity contribution < 1.29 is 13.2 Å². The Bertz CT molecular complexity index is 204. The number of halogens is 4. The number of hydrogen-bond acceptors (Lipinski definition) is 0. The molecule has 0 bridgehead atoms. The third-order valence-electron chi connectivity index (χ3n) is 3.38. The molecular formula is C14H26F3I. The van der Waals surface area contributed by atoms with Crippen molar-refractivity contribution in [2.75, 3.05) is 0 Å². The monoisotopic (exact) mass is 378 g/mol. The Hall–Kier alpha value is 0.520. The van der Waals surface area contributed by atoms with Crippen LogP contribution in [0.3, 0.4) is 0 Å². The fourth-order valence-electron chi connectivity index (χ4n) is 2.15. The summed E-state index contributed by atoms with van der Waals surface area (Å²) in [5.41, 5.74) is 0. The smallest absolute Gasteiger partial charge is 0.171 e. The third kappa shape index (κ3) is 10.4. The van der Waals surface area contributed by atoms with Crippen LogP contribution in [0, 0.1) is 0 Å². The second-order valence-corrected chi connectivity index (χ2v) is 7.46. The van der Waals surface area contributed by atoms with E-state index in [9.17, 15) is 13.2 Å². The highest BCUT2D eigenvalue weighted by molar-refractivity contribution is 14.1. The summed E-state index contributed by atoms with van der Waals surface area (Å²) in [5, 5.41) is 0. The molecule has 0 aromatic heterocycles. The lowest BCUT2D eigenvalue weighted by atomic mass is 9.94. The van der Waals surface area contributed by atoms with Gasteiger partial charge < -0.3 is 0 Å². The second kappa shape index (κ2) is 9.43. The van der Waals surface area contributed by atoms with Crippen molar-refractivity contribution in [3.8, 4) is 0 Å². The minimum atomic E-state index is -4.03. The fraction of sp³-hybridized carbons (Fsp3) is 1.00. The molecule has 4 heteroatoms. The minimum Gasteiger partial charge on any atom is -0.171 e. The summed E-state index contributed by atoms with van der Waals surface area (Å²) in [6.07, 6.45) is 4.80. The van der Waals surface area contributed by atoms with E-state index in [0.717, 1.165) is 12.8 Å². The van der Waals surface area contributed by atoms with E-state index >= 15 is 0 Å². The largest absolute Gasteiger partial charge is 0.390 e. The summed E-state index contributed by atoms with van der Waals surface area (Å²) < 4.78 is 36.8. The summed E-state index contributed by atoms with van der Waals surface area (Å²) in [4.78, 5) is 0. The molecule has 110 valence electrons. The van der Waals surface area contributed by atoms with Crippen LogP contribution < -0.4 is 0 Å². The first-order valence-electron chi connectivity index (χ1n) is 7.08. The van der Waals surface area contributed by atoms with E-state index < -0.39 is 16.0 Å². The average Bonchev–Trinajstić information content (AvgIpc) is 2.25. The molecule has 0 aliphatic heterocycles. The highest BCUT2D eigenvalue weighted by Gasteiger charge is 2.39. The van der Waals surface area contributed by atoms with Gasteiger partial charge in [-0.1, -0.05) is 81.4 Å². The van der Waals surface area contributed by atoms with Crippen molar-refractivity contribution in [1.82, 2.24) is 0 Å². The Morgan fingerprint density at radius 3 is 1.78 bits per heavy atom. The lowest BCUT2D eigenvalue weighted by Gasteiger charge is -2.27. The van der Waals surface area contributed by atoms with Crippen molar-refractivity contribution in [3.05, 3.63) is 0 Å². The molecule has 0 aliphatic carbocycles. The van der Waals surface area contributed by atoms with Gasteiger partial charge in [0, 0.05) is 3.42 Å². The van der Waals surface area contributed by atoms with Gasteiger partial charge in [0.15, 0.2) is 0 Å². The zero-order valence-electron chi connectivity index (χ0n) is 11.6. The van der Waals surface area contributed by atoms with Gasteiger partial charge in [0.2, 0.25) is 0 Å². The van der Waals surface area contributed by atoms with E-state index in [1.54, 1.807) is 0 Å². The standard InChI is InChI=1S/C14H26F3I/c1-3-5-6-7-8-9-10-11-13(18,4-2)12-14(15,16)17/h3-12H2,1-2H3. The maximum atomic E-state index is 12.4. The molecule has 0 saturated heterocycles. The van der Waals surface area contributed by atoms with E-state index in [1.807, 2.05) is 29.5 Å². The number of unbranched alkanes of at least 4 members (excludes halogenated alkanes) is 6. The minimum absolute atomic E-state index is 0.584. The maximum Gasteiger partial charge on any atom is 0.390 e. The number of rotatable bonds is 10. The normalized spacial score (nSPS) is 15.7. The molecule has 0 nitrogen and oxygen atoms in total. The molecule has 0 amide bonds. The van der Waals surface area contributed by atoms with E-state index in [1.165, 1.54) is 32.1 Å². The Morgan fingerprint density at radius 1 is 0.833 bits per heavy atom. The van der Waals surface area contributed by atoms with Gasteiger partial charge in [-0.15, -0.1) is 0 Å². The molecule has 0 aliphatic rings. The summed E-state index contributed by atoms with van der Waals surface area (Å²) >= 11 is 2.02. The first-order valence-corrected chi connectivity index (χ1v) is 8.16. The molecular weight excluding hydrogens is 352 g/mol. The van der Waals surface area contributed by atoms with Crippen LogP contribution >= 0.6 is 22.6 Å². The molecule has 0 saturated carbocycles. The van der Waals surface area contributed by atoms with Crippen molar-refractivity contribution in [3.63, 3.8) is 0 Å². The average molecular weight is 378 g/mol. The Morgan fingerprint density at radius 2 is 1.33 bits per heavy atom. The predicted molar refractivity (Wildman–Crippen MR) is 80.3 cm³/mol. The highest BCUT2D eigenvalue weighted by atomic mass is 127. The van der Waals surface area contributed by atoms with E-state index in [4.69, 9.17) is 0 Å². The third-order valence-corrected chi connectivity index (χ3v) is 5.06. The van der Waals surface area contributed by atoms with Crippen molar-refractivity contribution >= 4 is 22.6 Å². The Labute approximate surface area is 123 Å². The number of hydrogen-bond donors (Lipinski definition) is 0. The summed E-state index contributed by atoms with van der Waals surface area (Å²) in [7, 11) is 0. The topological polar surface area (TPSA) is 0 Å². The van der Waals surface area contributed by atoms with Crippen molar-refractivity contribution in [2.24, 2.45) is 0 Å². The fourth-order valence-corrected chi connectivity index (χ4v) is 2.96. The van der Waals surface area contributed by atoms with Crippen LogP contribution in [-0.2, 0) is 0 Å². The molecule has 0 aromatic carbocycles.